The molecular weight excluding hydrogens is 204 g/mol. The summed E-state index contributed by atoms with van der Waals surface area (Å²) < 4.78 is 5.07. The van der Waals surface area contributed by atoms with Gasteiger partial charge in [0, 0.05) is 5.70 Å². The van der Waals surface area contributed by atoms with E-state index in [1.165, 1.54) is 6.20 Å². The van der Waals surface area contributed by atoms with E-state index in [0.717, 1.165) is 5.57 Å². The summed E-state index contributed by atoms with van der Waals surface area (Å²) in [7, 11) is 0. The molecule has 0 bridgehead atoms. The highest BCUT2D eigenvalue weighted by Crippen LogP contribution is 2.07. The Bertz CT molecular complexity index is 322. The highest BCUT2D eigenvalue weighted by molar-refractivity contribution is 5.70. The molecule has 3 N–H and O–H groups in total. The first kappa shape index (κ1) is 14.3. The monoisotopic (exact) mass is 224 g/mol. The van der Waals surface area contributed by atoms with E-state index in [2.05, 4.69) is 11.9 Å². The van der Waals surface area contributed by atoms with Crippen LogP contribution in [0, 0.1) is 0 Å². The number of carbonyl (C=O) groups is 1. The summed E-state index contributed by atoms with van der Waals surface area (Å²) >= 11 is 0. The van der Waals surface area contributed by atoms with Gasteiger partial charge in [-0.2, -0.15) is 0 Å². The molecule has 0 aliphatic carbocycles. The number of nitrogens with two attached hydrogens (primary N) is 1. The van der Waals surface area contributed by atoms with Gasteiger partial charge in [0.1, 0.15) is 5.60 Å². The van der Waals surface area contributed by atoms with Crippen molar-refractivity contribution in [3.05, 3.63) is 36.2 Å². The van der Waals surface area contributed by atoms with E-state index >= 15 is 0 Å². The van der Waals surface area contributed by atoms with Gasteiger partial charge in [0.15, 0.2) is 0 Å². The van der Waals surface area contributed by atoms with E-state index in [1.807, 2.05) is 6.92 Å². The maximum atomic E-state index is 11.3. The lowest BCUT2D eigenvalue weighted by molar-refractivity contribution is 0.0548. The molecule has 0 saturated carbocycles. The van der Waals surface area contributed by atoms with Crippen LogP contribution in [-0.4, -0.2) is 11.7 Å². The number of amides is 1. The highest BCUT2D eigenvalue weighted by Gasteiger charge is 2.15. The number of carbonyl (C=O) groups excluding carboxylic acids is 1. The third-order valence-electron chi connectivity index (χ3n) is 1.42. The van der Waals surface area contributed by atoms with Crippen LogP contribution in [-0.2, 0) is 4.74 Å². The Morgan fingerprint density at radius 2 is 2.00 bits per heavy atom. The van der Waals surface area contributed by atoms with Crippen LogP contribution in [0.15, 0.2) is 36.2 Å². The predicted octanol–water partition coefficient (Wildman–Crippen LogP) is 2.44. The molecule has 0 rings (SSSR count). The van der Waals surface area contributed by atoms with Gasteiger partial charge in [-0.3, -0.25) is 5.32 Å². The summed E-state index contributed by atoms with van der Waals surface area (Å²) in [5.41, 5.74) is 6.07. The van der Waals surface area contributed by atoms with E-state index in [4.69, 9.17) is 10.5 Å². The van der Waals surface area contributed by atoms with Gasteiger partial charge >= 0.3 is 6.09 Å². The van der Waals surface area contributed by atoms with Crippen molar-refractivity contribution in [1.29, 1.82) is 0 Å². The molecule has 0 aliphatic rings. The standard InChI is InChI=1S/C12H20N2O2/c1-9(6-7-13)8-10(2)14-11(15)16-12(3,4)5/h6-8H,2,13H2,1,3-5H3,(H,14,15)/b7-6-,9-8-. The molecule has 4 nitrogen and oxygen atoms in total. The molecule has 0 spiro atoms. The Morgan fingerprint density at radius 1 is 1.44 bits per heavy atom. The number of alkyl carbamates (subject to hydrolysis) is 1. The first-order valence-corrected chi connectivity index (χ1v) is 5.00. The van der Waals surface area contributed by atoms with Crippen LogP contribution in [0.3, 0.4) is 0 Å². The smallest absolute Gasteiger partial charge is 0.412 e. The van der Waals surface area contributed by atoms with Crippen LogP contribution in [0.2, 0.25) is 0 Å². The fourth-order valence-electron chi connectivity index (χ4n) is 0.946. The molecule has 0 fully saturated rings. The molecule has 0 aromatic carbocycles. The third kappa shape index (κ3) is 7.67. The first-order valence-electron chi connectivity index (χ1n) is 5.00. The van der Waals surface area contributed by atoms with E-state index < -0.39 is 11.7 Å². The maximum Gasteiger partial charge on any atom is 0.412 e. The SMILES string of the molecule is C=C(/C=C(C)\C=C/N)NC(=O)OC(C)(C)C. The molecule has 16 heavy (non-hydrogen) atoms. The van der Waals surface area contributed by atoms with Crippen molar-refractivity contribution < 1.29 is 9.53 Å². The Kier molecular flexibility index (Phi) is 5.36. The van der Waals surface area contributed by atoms with Crippen molar-refractivity contribution in [2.45, 2.75) is 33.3 Å². The molecule has 0 saturated heterocycles. The number of hydrogen-bond acceptors (Lipinski definition) is 3. The number of rotatable bonds is 3. The van der Waals surface area contributed by atoms with E-state index in [-0.39, 0.29) is 0 Å². The van der Waals surface area contributed by atoms with Crippen molar-refractivity contribution in [1.82, 2.24) is 5.32 Å². The van der Waals surface area contributed by atoms with Crippen LogP contribution in [0.5, 0.6) is 0 Å². The zero-order chi connectivity index (χ0) is 12.8. The fourth-order valence-corrected chi connectivity index (χ4v) is 0.946. The topological polar surface area (TPSA) is 64.3 Å². The molecule has 0 aromatic heterocycles. The number of nitrogens with one attached hydrogen (secondary N) is 1. The lowest BCUT2D eigenvalue weighted by Crippen LogP contribution is -2.31. The van der Waals surface area contributed by atoms with Crippen molar-refractivity contribution in [3.8, 4) is 0 Å². The average molecular weight is 224 g/mol. The Morgan fingerprint density at radius 3 is 2.44 bits per heavy atom. The number of ether oxygens (including phenoxy) is 1. The quantitative estimate of drug-likeness (QED) is 0.724. The summed E-state index contributed by atoms with van der Waals surface area (Å²) in [5.74, 6) is 0. The van der Waals surface area contributed by atoms with Crippen molar-refractivity contribution >= 4 is 6.09 Å². The van der Waals surface area contributed by atoms with Crippen molar-refractivity contribution in [2.75, 3.05) is 0 Å². The summed E-state index contributed by atoms with van der Waals surface area (Å²) in [5, 5.41) is 2.52. The maximum absolute atomic E-state index is 11.3. The molecule has 0 aromatic rings. The first-order chi connectivity index (χ1) is 7.24. The van der Waals surface area contributed by atoms with Gasteiger partial charge in [-0.25, -0.2) is 4.79 Å². The largest absolute Gasteiger partial charge is 0.444 e. The highest BCUT2D eigenvalue weighted by atomic mass is 16.6. The minimum absolute atomic E-state index is 0.463. The fraction of sp³-hybridized carbons (Fsp3) is 0.417. The molecule has 0 atom stereocenters. The molecular formula is C12H20N2O2. The van der Waals surface area contributed by atoms with Gasteiger partial charge in [0.25, 0.3) is 0 Å². The summed E-state index contributed by atoms with van der Waals surface area (Å²) in [6.45, 7) is 10.9. The summed E-state index contributed by atoms with van der Waals surface area (Å²) in [4.78, 5) is 11.3. The Hall–Kier alpha value is -1.71. The van der Waals surface area contributed by atoms with Crippen LogP contribution >= 0.6 is 0 Å². The lowest BCUT2D eigenvalue weighted by atomic mass is 10.2. The van der Waals surface area contributed by atoms with Crippen LogP contribution < -0.4 is 11.1 Å². The molecule has 1 amide bonds. The van der Waals surface area contributed by atoms with Gasteiger partial charge in [-0.15, -0.1) is 0 Å². The second-order valence-electron chi connectivity index (χ2n) is 4.40. The van der Waals surface area contributed by atoms with Gasteiger partial charge in [-0.05, 0) is 51.6 Å². The zero-order valence-electron chi connectivity index (χ0n) is 10.3. The van der Waals surface area contributed by atoms with E-state index in [1.54, 1.807) is 32.9 Å². The van der Waals surface area contributed by atoms with Crippen LogP contribution in [0.1, 0.15) is 27.7 Å². The van der Waals surface area contributed by atoms with Crippen molar-refractivity contribution in [2.24, 2.45) is 5.73 Å². The molecule has 4 heteroatoms. The van der Waals surface area contributed by atoms with Crippen LogP contribution in [0.4, 0.5) is 4.79 Å². The molecule has 0 radical (unpaired) electrons. The average Bonchev–Trinajstić information content (AvgIpc) is 1.98. The van der Waals surface area contributed by atoms with E-state index in [9.17, 15) is 4.79 Å². The Labute approximate surface area is 96.8 Å². The normalized spacial score (nSPS) is 12.6. The zero-order valence-corrected chi connectivity index (χ0v) is 10.3. The molecule has 0 aliphatic heterocycles. The molecule has 0 unspecified atom stereocenters. The Balaban J connectivity index is 4.26. The second kappa shape index (κ2) is 6.00. The summed E-state index contributed by atoms with van der Waals surface area (Å²) in [6, 6.07) is 0. The van der Waals surface area contributed by atoms with Gasteiger partial charge < -0.3 is 10.5 Å². The minimum atomic E-state index is -0.515. The number of hydrogen-bond donors (Lipinski definition) is 2. The summed E-state index contributed by atoms with van der Waals surface area (Å²) in [6.07, 6.45) is 4.32. The lowest BCUT2D eigenvalue weighted by Gasteiger charge is -2.19. The van der Waals surface area contributed by atoms with Crippen molar-refractivity contribution in [3.63, 3.8) is 0 Å². The minimum Gasteiger partial charge on any atom is -0.444 e. The molecule has 90 valence electrons. The molecule has 0 heterocycles. The third-order valence-corrected chi connectivity index (χ3v) is 1.42. The predicted molar refractivity (Wildman–Crippen MR) is 65.6 cm³/mol. The van der Waals surface area contributed by atoms with Crippen LogP contribution in [0.25, 0.3) is 0 Å². The van der Waals surface area contributed by atoms with Gasteiger partial charge in [0.05, 0.1) is 0 Å². The number of allylic oxidation sites excluding steroid dienone is 3. The van der Waals surface area contributed by atoms with Gasteiger partial charge in [-0.1, -0.05) is 6.58 Å². The van der Waals surface area contributed by atoms with Gasteiger partial charge in [0.2, 0.25) is 0 Å². The van der Waals surface area contributed by atoms with E-state index in [0.29, 0.717) is 5.70 Å². The second-order valence-corrected chi connectivity index (χ2v) is 4.40.